The molecule has 1 heterocycles. The minimum atomic E-state index is -4.86. The first kappa shape index (κ1) is 10.5. The summed E-state index contributed by atoms with van der Waals surface area (Å²) in [5.74, 6) is -1.75. The number of rotatable bonds is 2. The lowest BCUT2D eigenvalue weighted by molar-refractivity contribution is -0.0885. The van der Waals surface area contributed by atoms with Crippen LogP contribution in [0.5, 0.6) is 5.88 Å². The van der Waals surface area contributed by atoms with Crippen molar-refractivity contribution in [2.75, 3.05) is 7.11 Å². The van der Waals surface area contributed by atoms with Crippen LogP contribution in [0.1, 0.15) is 10.4 Å². The summed E-state index contributed by atoms with van der Waals surface area (Å²) in [6.45, 7) is 0. The van der Waals surface area contributed by atoms with Crippen LogP contribution < -0.4 is 4.74 Å². The van der Waals surface area contributed by atoms with Crippen molar-refractivity contribution in [3.63, 3.8) is 0 Å². The van der Waals surface area contributed by atoms with Gasteiger partial charge in [-0.25, -0.2) is 4.98 Å². The maximum absolute atomic E-state index is 11.9. The first-order valence-corrected chi connectivity index (χ1v) is 3.56. The minimum Gasteiger partial charge on any atom is -0.481 e. The smallest absolute Gasteiger partial charge is 0.454 e. The van der Waals surface area contributed by atoms with Crippen LogP contribution in [0.3, 0.4) is 0 Å². The number of ketones is 1. The van der Waals surface area contributed by atoms with Gasteiger partial charge in [0.05, 0.1) is 7.11 Å². The molecule has 0 N–H and O–H groups in total. The highest BCUT2D eigenvalue weighted by atomic mass is 19.4. The Morgan fingerprint density at radius 2 is 2.07 bits per heavy atom. The molecule has 0 spiro atoms. The van der Waals surface area contributed by atoms with Crippen LogP contribution in [0.2, 0.25) is 0 Å². The summed E-state index contributed by atoms with van der Waals surface area (Å²) in [6.07, 6.45) is -4.04. The number of Topliss-reactive ketones (excluding diaryl/α,β-unsaturated/α-hetero) is 1. The van der Waals surface area contributed by atoms with Crippen LogP contribution in [0.15, 0.2) is 18.3 Å². The lowest BCUT2D eigenvalue weighted by atomic mass is 10.2. The summed E-state index contributed by atoms with van der Waals surface area (Å²) in [5.41, 5.74) is -0.502. The van der Waals surface area contributed by atoms with Gasteiger partial charge in [0.2, 0.25) is 5.88 Å². The summed E-state index contributed by atoms with van der Waals surface area (Å²) in [7, 11) is 1.33. The molecule has 1 aromatic rings. The van der Waals surface area contributed by atoms with Gasteiger partial charge in [-0.1, -0.05) is 0 Å². The average Bonchev–Trinajstić information content (AvgIpc) is 2.15. The Hall–Kier alpha value is -1.59. The Kier molecular flexibility index (Phi) is 2.73. The first-order chi connectivity index (χ1) is 6.45. The van der Waals surface area contributed by atoms with Gasteiger partial charge in [-0.15, -0.1) is 0 Å². The molecule has 0 atom stereocenters. The van der Waals surface area contributed by atoms with Gasteiger partial charge in [-0.05, 0) is 6.07 Å². The Balaban J connectivity index is 2.93. The standard InChI is InChI=1S/C8H6F3NO2/c1-14-6-3-2-5(4-12-6)7(13)8(9,10)11/h2-4H,1H3. The number of carbonyl (C=O) groups is 1. The second-order valence-electron chi connectivity index (χ2n) is 2.42. The van der Waals surface area contributed by atoms with Crippen molar-refractivity contribution in [3.8, 4) is 5.88 Å². The van der Waals surface area contributed by atoms with Crippen molar-refractivity contribution in [1.82, 2.24) is 4.98 Å². The third kappa shape index (κ3) is 2.21. The van der Waals surface area contributed by atoms with E-state index >= 15 is 0 Å². The van der Waals surface area contributed by atoms with Gasteiger partial charge < -0.3 is 4.74 Å². The zero-order chi connectivity index (χ0) is 10.8. The first-order valence-electron chi connectivity index (χ1n) is 3.56. The highest BCUT2D eigenvalue weighted by Crippen LogP contribution is 2.21. The number of aromatic nitrogens is 1. The highest BCUT2D eigenvalue weighted by Gasteiger charge is 2.39. The van der Waals surface area contributed by atoms with Crippen molar-refractivity contribution in [3.05, 3.63) is 23.9 Å². The maximum atomic E-state index is 11.9. The number of hydrogen-bond acceptors (Lipinski definition) is 3. The molecule has 0 aliphatic heterocycles. The Morgan fingerprint density at radius 3 is 2.43 bits per heavy atom. The minimum absolute atomic E-state index is 0.156. The van der Waals surface area contributed by atoms with Gasteiger partial charge in [0.1, 0.15) is 0 Å². The fraction of sp³-hybridized carbons (Fsp3) is 0.250. The van der Waals surface area contributed by atoms with Gasteiger partial charge in [0, 0.05) is 17.8 Å². The van der Waals surface area contributed by atoms with Crippen LogP contribution in [0, 0.1) is 0 Å². The fourth-order valence-electron chi connectivity index (χ4n) is 0.799. The van der Waals surface area contributed by atoms with Gasteiger partial charge >= 0.3 is 6.18 Å². The van der Waals surface area contributed by atoms with E-state index in [1.165, 1.54) is 13.2 Å². The zero-order valence-corrected chi connectivity index (χ0v) is 7.13. The summed E-state index contributed by atoms with van der Waals surface area (Å²) in [6, 6.07) is 2.21. The Morgan fingerprint density at radius 1 is 1.43 bits per heavy atom. The quantitative estimate of drug-likeness (QED) is 0.691. The molecule has 0 fully saturated rings. The molecule has 3 nitrogen and oxygen atoms in total. The van der Waals surface area contributed by atoms with E-state index in [1.807, 2.05) is 0 Å². The summed E-state index contributed by atoms with van der Waals surface area (Å²) < 4.78 is 40.4. The normalized spacial score (nSPS) is 11.1. The molecule has 1 rings (SSSR count). The second-order valence-corrected chi connectivity index (χ2v) is 2.42. The monoisotopic (exact) mass is 205 g/mol. The third-order valence-electron chi connectivity index (χ3n) is 1.47. The molecule has 0 aromatic carbocycles. The van der Waals surface area contributed by atoms with Gasteiger partial charge in [-0.2, -0.15) is 13.2 Å². The second kappa shape index (κ2) is 3.65. The van der Waals surface area contributed by atoms with E-state index in [2.05, 4.69) is 9.72 Å². The van der Waals surface area contributed by atoms with E-state index in [9.17, 15) is 18.0 Å². The van der Waals surface area contributed by atoms with Crippen molar-refractivity contribution in [2.24, 2.45) is 0 Å². The molecule has 0 saturated carbocycles. The summed E-state index contributed by atoms with van der Waals surface area (Å²) in [5, 5.41) is 0. The molecular weight excluding hydrogens is 199 g/mol. The van der Waals surface area contributed by atoms with Crippen LogP contribution in [0.25, 0.3) is 0 Å². The zero-order valence-electron chi connectivity index (χ0n) is 7.13. The molecule has 6 heteroatoms. The van der Waals surface area contributed by atoms with Crippen molar-refractivity contribution in [2.45, 2.75) is 6.18 Å². The molecule has 76 valence electrons. The SMILES string of the molecule is COc1ccc(C(=O)C(F)(F)F)cn1. The van der Waals surface area contributed by atoms with Crippen LogP contribution in [-0.2, 0) is 0 Å². The molecule has 0 aliphatic rings. The molecule has 1 aromatic heterocycles. The third-order valence-corrected chi connectivity index (χ3v) is 1.47. The predicted molar refractivity (Wildman–Crippen MR) is 41.2 cm³/mol. The van der Waals surface area contributed by atoms with Crippen LogP contribution in [-0.4, -0.2) is 24.1 Å². The largest absolute Gasteiger partial charge is 0.481 e. The highest BCUT2D eigenvalue weighted by molar-refractivity contribution is 5.99. The Labute approximate surface area is 77.5 Å². The Bertz CT molecular complexity index is 331. The maximum Gasteiger partial charge on any atom is 0.454 e. The van der Waals surface area contributed by atoms with E-state index in [1.54, 1.807) is 0 Å². The predicted octanol–water partition coefficient (Wildman–Crippen LogP) is 1.84. The molecule has 14 heavy (non-hydrogen) atoms. The molecule has 0 bridgehead atoms. The summed E-state index contributed by atoms with van der Waals surface area (Å²) >= 11 is 0. The topological polar surface area (TPSA) is 39.2 Å². The number of methoxy groups -OCH3 is 1. The number of carbonyl (C=O) groups excluding carboxylic acids is 1. The van der Waals surface area contributed by atoms with Crippen molar-refractivity contribution >= 4 is 5.78 Å². The number of ether oxygens (including phenoxy) is 1. The average molecular weight is 205 g/mol. The lowest BCUT2D eigenvalue weighted by Crippen LogP contribution is -2.22. The fourth-order valence-corrected chi connectivity index (χ4v) is 0.799. The number of halogens is 3. The van der Waals surface area contributed by atoms with Crippen LogP contribution >= 0.6 is 0 Å². The molecular formula is C8H6F3NO2. The van der Waals surface area contributed by atoms with Gasteiger partial charge in [0.25, 0.3) is 5.78 Å². The number of pyridine rings is 1. The van der Waals surface area contributed by atoms with E-state index in [-0.39, 0.29) is 5.88 Å². The van der Waals surface area contributed by atoms with E-state index in [4.69, 9.17) is 0 Å². The van der Waals surface area contributed by atoms with Crippen molar-refractivity contribution < 1.29 is 22.7 Å². The van der Waals surface area contributed by atoms with E-state index in [0.29, 0.717) is 0 Å². The molecule has 0 amide bonds. The van der Waals surface area contributed by atoms with E-state index < -0.39 is 17.5 Å². The molecule has 0 radical (unpaired) electrons. The molecule has 0 saturated heterocycles. The number of nitrogens with zero attached hydrogens (tertiary/aromatic N) is 1. The van der Waals surface area contributed by atoms with Gasteiger partial charge in [-0.3, -0.25) is 4.79 Å². The summed E-state index contributed by atoms with van der Waals surface area (Å²) in [4.78, 5) is 14.1. The molecule has 0 unspecified atom stereocenters. The van der Waals surface area contributed by atoms with Crippen LogP contribution in [0.4, 0.5) is 13.2 Å². The van der Waals surface area contributed by atoms with Crippen molar-refractivity contribution in [1.29, 1.82) is 0 Å². The number of alkyl halides is 3. The molecule has 0 aliphatic carbocycles. The number of hydrogen-bond donors (Lipinski definition) is 0. The lowest BCUT2D eigenvalue weighted by Gasteiger charge is -2.04. The van der Waals surface area contributed by atoms with E-state index in [0.717, 1.165) is 12.3 Å². The van der Waals surface area contributed by atoms with Gasteiger partial charge in [0.15, 0.2) is 0 Å².